The molecule has 4 nitrogen and oxygen atoms in total. The number of thioether (sulfide) groups is 1. The fraction of sp³-hybridized carbons (Fsp3) is 0.294. The predicted octanol–water partition coefficient (Wildman–Crippen LogP) is 3.12. The maximum absolute atomic E-state index is 12.2. The van der Waals surface area contributed by atoms with E-state index in [0.29, 0.717) is 17.1 Å². The Hall–Kier alpha value is -1.85. The molecule has 1 heterocycles. The molecule has 0 aliphatic carbocycles. The van der Waals surface area contributed by atoms with Gasteiger partial charge in [0, 0.05) is 23.3 Å². The van der Waals surface area contributed by atoms with Crippen molar-refractivity contribution in [2.24, 2.45) is 0 Å². The van der Waals surface area contributed by atoms with Crippen LogP contribution in [0.1, 0.15) is 28.4 Å². The first-order valence-electron chi connectivity index (χ1n) is 7.26. The fourth-order valence-corrected chi connectivity index (χ4v) is 2.66. The molecule has 116 valence electrons. The van der Waals surface area contributed by atoms with Crippen LogP contribution in [0.25, 0.3) is 0 Å². The molecule has 1 aromatic carbocycles. The largest absolute Gasteiger partial charge is 0.396 e. The van der Waals surface area contributed by atoms with Crippen LogP contribution in [0.5, 0.6) is 0 Å². The molecule has 1 aromatic heterocycles. The maximum atomic E-state index is 12.2. The Morgan fingerprint density at radius 2 is 2.00 bits per heavy atom. The third kappa shape index (κ3) is 4.86. The number of anilines is 1. The van der Waals surface area contributed by atoms with Gasteiger partial charge in [0.1, 0.15) is 5.82 Å². The second kappa shape index (κ2) is 8.56. The van der Waals surface area contributed by atoms with Crippen molar-refractivity contribution < 1.29 is 9.90 Å². The van der Waals surface area contributed by atoms with E-state index in [2.05, 4.69) is 17.2 Å². The Morgan fingerprint density at radius 3 is 2.68 bits per heavy atom. The van der Waals surface area contributed by atoms with Gasteiger partial charge in [-0.2, -0.15) is 11.8 Å². The van der Waals surface area contributed by atoms with Crippen LogP contribution >= 0.6 is 11.8 Å². The summed E-state index contributed by atoms with van der Waals surface area (Å²) in [6.45, 7) is 2.26. The SMILES string of the molecule is CCc1ccc(C(=O)Nc2cc(CSCCO)ccn2)cc1. The molecule has 0 unspecified atom stereocenters. The molecule has 22 heavy (non-hydrogen) atoms. The zero-order chi connectivity index (χ0) is 15.8. The maximum Gasteiger partial charge on any atom is 0.256 e. The number of benzene rings is 1. The van der Waals surface area contributed by atoms with Gasteiger partial charge in [0.15, 0.2) is 0 Å². The number of pyridine rings is 1. The van der Waals surface area contributed by atoms with E-state index < -0.39 is 0 Å². The minimum Gasteiger partial charge on any atom is -0.396 e. The van der Waals surface area contributed by atoms with Gasteiger partial charge in [0.05, 0.1) is 6.61 Å². The van der Waals surface area contributed by atoms with Crippen molar-refractivity contribution in [1.29, 1.82) is 0 Å². The third-order valence-corrected chi connectivity index (χ3v) is 4.20. The van der Waals surface area contributed by atoms with Gasteiger partial charge in [0.2, 0.25) is 0 Å². The molecule has 5 heteroatoms. The fourth-order valence-electron chi connectivity index (χ4n) is 1.97. The predicted molar refractivity (Wildman–Crippen MR) is 91.3 cm³/mol. The molecule has 0 fully saturated rings. The number of nitrogens with one attached hydrogen (secondary N) is 1. The Balaban J connectivity index is 1.99. The molecule has 0 aliphatic heterocycles. The lowest BCUT2D eigenvalue weighted by Gasteiger charge is -2.07. The number of nitrogens with zero attached hydrogens (tertiary/aromatic N) is 1. The number of aliphatic hydroxyl groups excluding tert-OH is 1. The van der Waals surface area contributed by atoms with E-state index in [0.717, 1.165) is 17.7 Å². The number of aliphatic hydroxyl groups is 1. The van der Waals surface area contributed by atoms with E-state index >= 15 is 0 Å². The van der Waals surface area contributed by atoms with E-state index in [-0.39, 0.29) is 12.5 Å². The molecule has 1 amide bonds. The Labute approximate surface area is 135 Å². The van der Waals surface area contributed by atoms with E-state index in [1.807, 2.05) is 36.4 Å². The van der Waals surface area contributed by atoms with Crippen LogP contribution in [0.4, 0.5) is 5.82 Å². The molecule has 0 bridgehead atoms. The van der Waals surface area contributed by atoms with Gasteiger partial charge in [-0.3, -0.25) is 4.79 Å². The molecule has 2 rings (SSSR count). The Morgan fingerprint density at radius 1 is 1.23 bits per heavy atom. The summed E-state index contributed by atoms with van der Waals surface area (Å²) in [7, 11) is 0. The first-order valence-corrected chi connectivity index (χ1v) is 8.42. The number of aromatic nitrogens is 1. The van der Waals surface area contributed by atoms with E-state index in [9.17, 15) is 4.79 Å². The lowest BCUT2D eigenvalue weighted by atomic mass is 10.1. The van der Waals surface area contributed by atoms with Crippen LogP contribution in [-0.4, -0.2) is 28.4 Å². The van der Waals surface area contributed by atoms with Crippen molar-refractivity contribution in [3.63, 3.8) is 0 Å². The first kappa shape index (κ1) is 16.5. The van der Waals surface area contributed by atoms with Crippen LogP contribution in [0.2, 0.25) is 0 Å². The average molecular weight is 316 g/mol. The smallest absolute Gasteiger partial charge is 0.256 e. The highest BCUT2D eigenvalue weighted by molar-refractivity contribution is 7.98. The second-order valence-corrected chi connectivity index (χ2v) is 5.94. The summed E-state index contributed by atoms with van der Waals surface area (Å²) >= 11 is 1.64. The molecule has 0 aliphatic rings. The second-order valence-electron chi connectivity index (χ2n) is 4.83. The molecule has 0 radical (unpaired) electrons. The van der Waals surface area contributed by atoms with E-state index in [1.54, 1.807) is 18.0 Å². The number of carbonyl (C=O) groups is 1. The van der Waals surface area contributed by atoms with Gasteiger partial charge < -0.3 is 10.4 Å². The lowest BCUT2D eigenvalue weighted by molar-refractivity contribution is 0.102. The van der Waals surface area contributed by atoms with Gasteiger partial charge in [-0.05, 0) is 41.8 Å². The van der Waals surface area contributed by atoms with Gasteiger partial charge in [-0.1, -0.05) is 19.1 Å². The summed E-state index contributed by atoms with van der Waals surface area (Å²) in [5.74, 6) is 1.88. The number of hydrogen-bond donors (Lipinski definition) is 2. The topological polar surface area (TPSA) is 62.2 Å². The zero-order valence-corrected chi connectivity index (χ0v) is 13.4. The summed E-state index contributed by atoms with van der Waals surface area (Å²) in [6.07, 6.45) is 2.64. The number of rotatable bonds is 7. The molecule has 0 saturated heterocycles. The van der Waals surface area contributed by atoms with Crippen LogP contribution in [0.3, 0.4) is 0 Å². The molecular formula is C17H20N2O2S. The van der Waals surface area contributed by atoms with Crippen LogP contribution in [0.15, 0.2) is 42.6 Å². The molecule has 0 saturated carbocycles. The standard InChI is InChI=1S/C17H20N2O2S/c1-2-13-3-5-15(6-4-13)17(21)19-16-11-14(7-8-18-16)12-22-10-9-20/h3-8,11,20H,2,9-10,12H2,1H3,(H,18,19,21). The zero-order valence-electron chi connectivity index (χ0n) is 12.6. The van der Waals surface area contributed by atoms with Crippen LogP contribution in [-0.2, 0) is 12.2 Å². The van der Waals surface area contributed by atoms with Crippen molar-refractivity contribution in [3.8, 4) is 0 Å². The van der Waals surface area contributed by atoms with Crippen molar-refractivity contribution in [2.45, 2.75) is 19.1 Å². The highest BCUT2D eigenvalue weighted by atomic mass is 32.2. The minimum atomic E-state index is -0.157. The summed E-state index contributed by atoms with van der Waals surface area (Å²) in [4.78, 5) is 16.4. The van der Waals surface area contributed by atoms with Crippen LogP contribution in [0, 0.1) is 0 Å². The number of hydrogen-bond acceptors (Lipinski definition) is 4. The molecule has 0 atom stereocenters. The van der Waals surface area contributed by atoms with Crippen LogP contribution < -0.4 is 5.32 Å². The Kier molecular flexibility index (Phi) is 6.43. The van der Waals surface area contributed by atoms with Gasteiger partial charge in [-0.15, -0.1) is 0 Å². The van der Waals surface area contributed by atoms with Gasteiger partial charge in [0.25, 0.3) is 5.91 Å². The van der Waals surface area contributed by atoms with Crippen molar-refractivity contribution in [1.82, 2.24) is 4.98 Å². The molecule has 2 N–H and O–H groups in total. The first-order chi connectivity index (χ1) is 10.7. The van der Waals surface area contributed by atoms with Gasteiger partial charge in [-0.25, -0.2) is 4.98 Å². The number of carbonyl (C=O) groups excluding carboxylic acids is 1. The third-order valence-electron chi connectivity index (χ3n) is 3.19. The normalized spacial score (nSPS) is 10.5. The van der Waals surface area contributed by atoms with E-state index in [1.165, 1.54) is 5.56 Å². The van der Waals surface area contributed by atoms with Crippen molar-refractivity contribution in [2.75, 3.05) is 17.7 Å². The summed E-state index contributed by atoms with van der Waals surface area (Å²) in [5, 5.41) is 11.6. The minimum absolute atomic E-state index is 0.157. The average Bonchev–Trinajstić information content (AvgIpc) is 2.55. The highest BCUT2D eigenvalue weighted by Gasteiger charge is 2.07. The van der Waals surface area contributed by atoms with Gasteiger partial charge >= 0.3 is 0 Å². The summed E-state index contributed by atoms with van der Waals surface area (Å²) in [5.41, 5.74) is 2.90. The Bertz CT molecular complexity index is 614. The molecule has 0 spiro atoms. The summed E-state index contributed by atoms with van der Waals surface area (Å²) < 4.78 is 0. The highest BCUT2D eigenvalue weighted by Crippen LogP contribution is 2.15. The molecule has 2 aromatic rings. The lowest BCUT2D eigenvalue weighted by Crippen LogP contribution is -2.13. The number of amides is 1. The number of aryl methyl sites for hydroxylation is 1. The summed E-state index contributed by atoms with van der Waals surface area (Å²) in [6, 6.07) is 11.4. The van der Waals surface area contributed by atoms with E-state index in [4.69, 9.17) is 5.11 Å². The molecular weight excluding hydrogens is 296 g/mol. The van der Waals surface area contributed by atoms with Crippen molar-refractivity contribution >= 4 is 23.5 Å². The monoisotopic (exact) mass is 316 g/mol. The quantitative estimate of drug-likeness (QED) is 0.771. The van der Waals surface area contributed by atoms with Crippen molar-refractivity contribution in [3.05, 3.63) is 59.3 Å².